The van der Waals surface area contributed by atoms with Gasteiger partial charge in [-0.05, 0) is 37.6 Å². The molecule has 0 radical (unpaired) electrons. The van der Waals surface area contributed by atoms with Crippen LogP contribution in [-0.2, 0) is 16.6 Å². The molecule has 0 saturated carbocycles. The summed E-state index contributed by atoms with van der Waals surface area (Å²) in [6.07, 6.45) is 0.889. The third kappa shape index (κ3) is 3.07. The van der Waals surface area contributed by atoms with E-state index < -0.39 is 10.0 Å². The molecule has 0 bridgehead atoms. The number of anilines is 1. The van der Waals surface area contributed by atoms with Gasteiger partial charge in [0.1, 0.15) is 0 Å². The molecule has 3 rings (SSSR count). The van der Waals surface area contributed by atoms with Gasteiger partial charge in [0.25, 0.3) is 10.0 Å². The maximum absolute atomic E-state index is 12.6. The maximum atomic E-state index is 12.6. The number of aromatic nitrogens is 2. The summed E-state index contributed by atoms with van der Waals surface area (Å²) in [6.45, 7) is 4.67. The highest BCUT2D eigenvalue weighted by atomic mass is 32.2. The van der Waals surface area contributed by atoms with Gasteiger partial charge in [-0.3, -0.25) is 0 Å². The number of fused-ring (bicyclic) bond motifs is 1. The Kier molecular flexibility index (Phi) is 4.09. The van der Waals surface area contributed by atoms with Crippen molar-refractivity contribution in [2.45, 2.75) is 31.7 Å². The lowest BCUT2D eigenvalue weighted by molar-refractivity contribution is 0.599. The summed E-state index contributed by atoms with van der Waals surface area (Å²) in [7, 11) is -3.65. The van der Waals surface area contributed by atoms with E-state index in [1.165, 1.54) is 0 Å². The van der Waals surface area contributed by atoms with Gasteiger partial charge in [-0.15, -0.1) is 0 Å². The molecular weight excluding hydrogens is 310 g/mol. The minimum Gasteiger partial charge on any atom is -0.309 e. The van der Waals surface area contributed by atoms with Crippen molar-refractivity contribution in [2.75, 3.05) is 4.72 Å². The zero-order chi connectivity index (χ0) is 16.4. The molecule has 1 N–H and O–H groups in total. The predicted octanol–water partition coefficient (Wildman–Crippen LogP) is 3.56. The van der Waals surface area contributed by atoms with Crippen molar-refractivity contribution in [3.63, 3.8) is 0 Å². The first-order valence-corrected chi connectivity index (χ1v) is 9.04. The lowest BCUT2D eigenvalue weighted by Crippen LogP contribution is -2.16. The summed E-state index contributed by atoms with van der Waals surface area (Å²) in [5.74, 6) is 0.355. The molecule has 0 unspecified atom stereocenters. The SMILES string of the molecule is CCCn1c(NS(=O)(=O)c2ccc(C)cc2)nc2ccccc21. The van der Waals surface area contributed by atoms with Crippen LogP contribution >= 0.6 is 0 Å². The third-order valence-corrected chi connectivity index (χ3v) is 5.00. The number of hydrogen-bond acceptors (Lipinski definition) is 3. The van der Waals surface area contributed by atoms with E-state index in [9.17, 15) is 8.42 Å². The summed E-state index contributed by atoms with van der Waals surface area (Å²) >= 11 is 0. The molecule has 0 saturated heterocycles. The number of benzene rings is 2. The fourth-order valence-electron chi connectivity index (χ4n) is 2.50. The number of rotatable bonds is 5. The van der Waals surface area contributed by atoms with Crippen molar-refractivity contribution >= 4 is 27.0 Å². The van der Waals surface area contributed by atoms with Gasteiger partial charge in [-0.25, -0.2) is 18.1 Å². The molecule has 23 heavy (non-hydrogen) atoms. The molecule has 0 aliphatic rings. The first kappa shape index (κ1) is 15.6. The quantitative estimate of drug-likeness (QED) is 0.778. The Hall–Kier alpha value is -2.34. The normalized spacial score (nSPS) is 11.7. The number of sulfonamides is 1. The van der Waals surface area contributed by atoms with E-state index in [4.69, 9.17) is 0 Å². The van der Waals surface area contributed by atoms with Crippen LogP contribution in [0.2, 0.25) is 0 Å². The van der Waals surface area contributed by atoms with Crippen LogP contribution in [-0.4, -0.2) is 18.0 Å². The van der Waals surface area contributed by atoms with Crippen LogP contribution in [0.4, 0.5) is 5.95 Å². The zero-order valence-electron chi connectivity index (χ0n) is 13.2. The topological polar surface area (TPSA) is 64.0 Å². The van der Waals surface area contributed by atoms with Crippen molar-refractivity contribution < 1.29 is 8.42 Å². The van der Waals surface area contributed by atoms with Gasteiger partial charge in [0, 0.05) is 6.54 Å². The molecule has 1 heterocycles. The summed E-state index contributed by atoms with van der Waals surface area (Å²) in [5.41, 5.74) is 2.72. The van der Waals surface area contributed by atoms with E-state index in [0.717, 1.165) is 23.0 Å². The Morgan fingerprint density at radius 2 is 1.78 bits per heavy atom. The number of aryl methyl sites for hydroxylation is 2. The van der Waals surface area contributed by atoms with Crippen LogP contribution < -0.4 is 4.72 Å². The number of para-hydroxylation sites is 2. The van der Waals surface area contributed by atoms with E-state index in [-0.39, 0.29) is 4.90 Å². The number of imidazole rings is 1. The minimum absolute atomic E-state index is 0.234. The second-order valence-corrected chi connectivity index (χ2v) is 7.18. The van der Waals surface area contributed by atoms with Gasteiger partial charge in [0.05, 0.1) is 15.9 Å². The largest absolute Gasteiger partial charge is 0.309 e. The maximum Gasteiger partial charge on any atom is 0.264 e. The molecule has 0 spiro atoms. The summed E-state index contributed by atoms with van der Waals surface area (Å²) < 4.78 is 29.7. The molecule has 2 aromatic carbocycles. The van der Waals surface area contributed by atoms with E-state index >= 15 is 0 Å². The first-order chi connectivity index (χ1) is 11.0. The number of nitrogens with zero attached hydrogens (tertiary/aromatic N) is 2. The smallest absolute Gasteiger partial charge is 0.264 e. The Morgan fingerprint density at radius 1 is 1.09 bits per heavy atom. The van der Waals surface area contributed by atoms with Crippen LogP contribution in [0.25, 0.3) is 11.0 Å². The van der Waals surface area contributed by atoms with Gasteiger partial charge in [0.15, 0.2) is 0 Å². The van der Waals surface area contributed by atoms with Crippen LogP contribution in [0.1, 0.15) is 18.9 Å². The molecule has 0 amide bonds. The van der Waals surface area contributed by atoms with Crippen molar-refractivity contribution in [3.05, 3.63) is 54.1 Å². The fourth-order valence-corrected chi connectivity index (χ4v) is 3.51. The summed E-state index contributed by atoms with van der Waals surface area (Å²) in [5, 5.41) is 0. The van der Waals surface area contributed by atoms with Crippen LogP contribution in [0.3, 0.4) is 0 Å². The molecule has 5 nitrogen and oxygen atoms in total. The summed E-state index contributed by atoms with van der Waals surface area (Å²) in [6, 6.07) is 14.4. The Labute approximate surface area is 136 Å². The van der Waals surface area contributed by atoms with Crippen LogP contribution in [0.5, 0.6) is 0 Å². The predicted molar refractivity (Wildman–Crippen MR) is 92.0 cm³/mol. The van der Waals surface area contributed by atoms with Gasteiger partial charge in [-0.1, -0.05) is 36.8 Å². The molecule has 0 aliphatic heterocycles. The monoisotopic (exact) mass is 329 g/mol. The van der Waals surface area contributed by atoms with E-state index in [0.29, 0.717) is 12.5 Å². The molecule has 0 aliphatic carbocycles. The van der Waals surface area contributed by atoms with Crippen molar-refractivity contribution in [2.24, 2.45) is 0 Å². The van der Waals surface area contributed by atoms with Gasteiger partial charge < -0.3 is 4.57 Å². The Bertz CT molecular complexity index is 928. The number of hydrogen-bond donors (Lipinski definition) is 1. The average molecular weight is 329 g/mol. The Morgan fingerprint density at radius 3 is 2.48 bits per heavy atom. The van der Waals surface area contributed by atoms with Crippen LogP contribution in [0.15, 0.2) is 53.4 Å². The lowest BCUT2D eigenvalue weighted by Gasteiger charge is -2.10. The second kappa shape index (κ2) is 6.04. The molecule has 6 heteroatoms. The van der Waals surface area contributed by atoms with Gasteiger partial charge >= 0.3 is 0 Å². The first-order valence-electron chi connectivity index (χ1n) is 7.56. The van der Waals surface area contributed by atoms with Gasteiger partial charge in [-0.2, -0.15) is 0 Å². The highest BCUT2D eigenvalue weighted by Crippen LogP contribution is 2.22. The Balaban J connectivity index is 2.03. The zero-order valence-corrected chi connectivity index (χ0v) is 14.0. The number of nitrogens with one attached hydrogen (secondary N) is 1. The molecule has 1 aromatic heterocycles. The molecule has 120 valence electrons. The standard InChI is InChI=1S/C17H19N3O2S/c1-3-12-20-16-7-5-4-6-15(16)18-17(20)19-23(21,22)14-10-8-13(2)9-11-14/h4-11H,3,12H2,1-2H3,(H,18,19). The van der Waals surface area contributed by atoms with Crippen LogP contribution in [0, 0.1) is 6.92 Å². The average Bonchev–Trinajstić information content (AvgIpc) is 2.85. The highest BCUT2D eigenvalue weighted by Gasteiger charge is 2.18. The second-order valence-electron chi connectivity index (χ2n) is 5.49. The molecule has 3 aromatic rings. The van der Waals surface area contributed by atoms with E-state index in [1.54, 1.807) is 24.3 Å². The van der Waals surface area contributed by atoms with Crippen molar-refractivity contribution in [1.29, 1.82) is 0 Å². The fraction of sp³-hybridized carbons (Fsp3) is 0.235. The summed E-state index contributed by atoms with van der Waals surface area (Å²) in [4.78, 5) is 4.67. The minimum atomic E-state index is -3.65. The lowest BCUT2D eigenvalue weighted by atomic mass is 10.2. The highest BCUT2D eigenvalue weighted by molar-refractivity contribution is 7.92. The molecule has 0 atom stereocenters. The molecule has 0 fully saturated rings. The van der Waals surface area contributed by atoms with Gasteiger partial charge in [0.2, 0.25) is 5.95 Å². The van der Waals surface area contributed by atoms with E-state index in [1.807, 2.05) is 42.7 Å². The molecular formula is C17H19N3O2S. The van der Waals surface area contributed by atoms with E-state index in [2.05, 4.69) is 9.71 Å². The van der Waals surface area contributed by atoms with Crippen molar-refractivity contribution in [3.8, 4) is 0 Å². The van der Waals surface area contributed by atoms with Crippen molar-refractivity contribution in [1.82, 2.24) is 9.55 Å². The third-order valence-electron chi connectivity index (χ3n) is 3.66.